The summed E-state index contributed by atoms with van der Waals surface area (Å²) in [6.07, 6.45) is 12.1. The molecule has 2 heteroatoms. The van der Waals surface area contributed by atoms with Crippen molar-refractivity contribution in [2.45, 2.75) is 77.7 Å². The van der Waals surface area contributed by atoms with E-state index in [0.29, 0.717) is 0 Å². The van der Waals surface area contributed by atoms with Gasteiger partial charge in [-0.25, -0.2) is 0 Å². The van der Waals surface area contributed by atoms with Crippen molar-refractivity contribution in [1.29, 1.82) is 0 Å². The Hall–Kier alpha value is -2.58. The zero-order chi connectivity index (χ0) is 24.0. The first kappa shape index (κ1) is 26.0. The largest absolute Gasteiger partial charge is 0.494 e. The summed E-state index contributed by atoms with van der Waals surface area (Å²) in [4.78, 5) is 0. The van der Waals surface area contributed by atoms with E-state index in [-0.39, 0.29) is 6.10 Å². The molecule has 0 aliphatic heterocycles. The second-order valence-electron chi connectivity index (χ2n) is 9.25. The van der Waals surface area contributed by atoms with E-state index in [4.69, 9.17) is 9.47 Å². The quantitative estimate of drug-likeness (QED) is 0.211. The smallest absolute Gasteiger partial charge is 0.119 e. The summed E-state index contributed by atoms with van der Waals surface area (Å²) in [6.45, 7) is 5.15. The van der Waals surface area contributed by atoms with Gasteiger partial charge < -0.3 is 9.47 Å². The van der Waals surface area contributed by atoms with Gasteiger partial charge in [-0.1, -0.05) is 119 Å². The standard InChI is InChI=1S/C32H42O2/c1-4-5-6-7-8-9-10-11-14-25-34-30-23-21-29(22-24-30)32-16-13-12-15-31(32)28-19-17-27(18-20-28)26(2)33-3/h12-13,15-24,26H,4-11,14,25H2,1-3H3. The molecule has 182 valence electrons. The van der Waals surface area contributed by atoms with Gasteiger partial charge in [-0.2, -0.15) is 0 Å². The van der Waals surface area contributed by atoms with E-state index in [1.54, 1.807) is 7.11 Å². The summed E-state index contributed by atoms with van der Waals surface area (Å²) in [6, 6.07) is 25.8. The van der Waals surface area contributed by atoms with E-state index >= 15 is 0 Å². The molecule has 0 radical (unpaired) electrons. The lowest BCUT2D eigenvalue weighted by Crippen LogP contribution is -1.97. The lowest BCUT2D eigenvalue weighted by atomic mass is 9.94. The molecule has 0 N–H and O–H groups in total. The second-order valence-corrected chi connectivity index (χ2v) is 9.25. The molecule has 0 spiro atoms. The lowest BCUT2D eigenvalue weighted by Gasteiger charge is -2.13. The summed E-state index contributed by atoms with van der Waals surface area (Å²) >= 11 is 0. The van der Waals surface area contributed by atoms with Gasteiger partial charge in [-0.15, -0.1) is 0 Å². The Labute approximate surface area is 207 Å². The van der Waals surface area contributed by atoms with Crippen molar-refractivity contribution in [2.24, 2.45) is 0 Å². The fourth-order valence-electron chi connectivity index (χ4n) is 4.39. The van der Waals surface area contributed by atoms with E-state index < -0.39 is 0 Å². The average Bonchev–Trinajstić information content (AvgIpc) is 2.90. The normalized spacial score (nSPS) is 12.0. The van der Waals surface area contributed by atoms with Gasteiger partial charge in [-0.05, 0) is 53.3 Å². The van der Waals surface area contributed by atoms with E-state index in [2.05, 4.69) is 86.6 Å². The zero-order valence-electron chi connectivity index (χ0n) is 21.4. The van der Waals surface area contributed by atoms with Crippen LogP contribution >= 0.6 is 0 Å². The molecule has 0 bridgehead atoms. The van der Waals surface area contributed by atoms with Crippen LogP contribution in [0, 0.1) is 0 Å². The van der Waals surface area contributed by atoms with Crippen molar-refractivity contribution in [3.63, 3.8) is 0 Å². The maximum Gasteiger partial charge on any atom is 0.119 e. The molecule has 1 atom stereocenters. The van der Waals surface area contributed by atoms with Gasteiger partial charge in [0.15, 0.2) is 0 Å². The van der Waals surface area contributed by atoms with Gasteiger partial charge in [0.25, 0.3) is 0 Å². The molecule has 0 fully saturated rings. The van der Waals surface area contributed by atoms with Crippen LogP contribution in [-0.2, 0) is 4.74 Å². The third kappa shape index (κ3) is 8.02. The topological polar surface area (TPSA) is 18.5 Å². The van der Waals surface area contributed by atoms with Crippen molar-refractivity contribution in [2.75, 3.05) is 13.7 Å². The summed E-state index contributed by atoms with van der Waals surface area (Å²) in [5.41, 5.74) is 6.09. The van der Waals surface area contributed by atoms with Crippen LogP contribution in [0.25, 0.3) is 22.3 Å². The van der Waals surface area contributed by atoms with Crippen molar-refractivity contribution in [3.05, 3.63) is 78.4 Å². The molecule has 2 nitrogen and oxygen atoms in total. The first-order valence-corrected chi connectivity index (χ1v) is 13.2. The number of methoxy groups -OCH3 is 1. The summed E-state index contributed by atoms with van der Waals surface area (Å²) in [5, 5.41) is 0. The highest BCUT2D eigenvalue weighted by Crippen LogP contribution is 2.33. The van der Waals surface area contributed by atoms with Gasteiger partial charge in [0.2, 0.25) is 0 Å². The van der Waals surface area contributed by atoms with Crippen LogP contribution in [0.2, 0.25) is 0 Å². The number of hydrogen-bond donors (Lipinski definition) is 0. The Balaban J connectivity index is 1.50. The van der Waals surface area contributed by atoms with Gasteiger partial charge in [0, 0.05) is 7.11 Å². The molecule has 0 amide bonds. The summed E-state index contributed by atoms with van der Waals surface area (Å²) in [7, 11) is 1.75. The molecule has 0 heterocycles. The average molecular weight is 459 g/mol. The van der Waals surface area contributed by atoms with Crippen LogP contribution in [0.15, 0.2) is 72.8 Å². The van der Waals surface area contributed by atoms with E-state index in [1.165, 1.54) is 79.2 Å². The molecule has 34 heavy (non-hydrogen) atoms. The van der Waals surface area contributed by atoms with Crippen molar-refractivity contribution in [1.82, 2.24) is 0 Å². The van der Waals surface area contributed by atoms with Crippen LogP contribution in [0.3, 0.4) is 0 Å². The highest BCUT2D eigenvalue weighted by Gasteiger charge is 2.09. The maximum atomic E-state index is 6.01. The van der Waals surface area contributed by atoms with Gasteiger partial charge >= 0.3 is 0 Å². The molecule has 3 aromatic rings. The van der Waals surface area contributed by atoms with Gasteiger partial charge in [0.1, 0.15) is 5.75 Å². The van der Waals surface area contributed by atoms with Gasteiger partial charge in [0.05, 0.1) is 12.7 Å². The van der Waals surface area contributed by atoms with Crippen molar-refractivity contribution < 1.29 is 9.47 Å². The SMILES string of the molecule is CCCCCCCCCCCOc1ccc(-c2ccccc2-c2ccc(C(C)OC)cc2)cc1. The van der Waals surface area contributed by atoms with Crippen LogP contribution in [-0.4, -0.2) is 13.7 Å². The minimum atomic E-state index is 0.104. The lowest BCUT2D eigenvalue weighted by molar-refractivity contribution is 0.119. The Morgan fingerprint density at radius 3 is 1.65 bits per heavy atom. The fraction of sp³-hybridized carbons (Fsp3) is 0.438. The van der Waals surface area contributed by atoms with Crippen LogP contribution in [0.4, 0.5) is 0 Å². The Morgan fingerprint density at radius 2 is 1.12 bits per heavy atom. The fourth-order valence-corrected chi connectivity index (χ4v) is 4.39. The predicted molar refractivity (Wildman–Crippen MR) is 145 cm³/mol. The van der Waals surface area contributed by atoms with Crippen LogP contribution < -0.4 is 4.74 Å². The van der Waals surface area contributed by atoms with E-state index in [1.807, 2.05) is 0 Å². The minimum absolute atomic E-state index is 0.104. The molecule has 0 aliphatic carbocycles. The molecule has 0 aliphatic rings. The van der Waals surface area contributed by atoms with Crippen LogP contribution in [0.5, 0.6) is 5.75 Å². The van der Waals surface area contributed by atoms with E-state index in [0.717, 1.165) is 18.8 Å². The third-order valence-corrected chi connectivity index (χ3v) is 6.65. The number of unbranched alkanes of at least 4 members (excludes halogenated alkanes) is 8. The third-order valence-electron chi connectivity index (χ3n) is 6.65. The molecule has 3 rings (SSSR count). The second kappa shape index (κ2) is 14.6. The number of ether oxygens (including phenoxy) is 2. The summed E-state index contributed by atoms with van der Waals surface area (Å²) in [5.74, 6) is 0.957. The monoisotopic (exact) mass is 458 g/mol. The molecule has 0 aromatic heterocycles. The van der Waals surface area contributed by atoms with Gasteiger partial charge in [-0.3, -0.25) is 0 Å². The molecule has 0 saturated heterocycles. The first-order valence-electron chi connectivity index (χ1n) is 13.2. The Bertz CT molecular complexity index is 944. The molecule has 3 aromatic carbocycles. The summed E-state index contributed by atoms with van der Waals surface area (Å²) < 4.78 is 11.4. The predicted octanol–water partition coefficient (Wildman–Crippen LogP) is 9.64. The molecular weight excluding hydrogens is 416 g/mol. The highest BCUT2D eigenvalue weighted by atomic mass is 16.5. The van der Waals surface area contributed by atoms with E-state index in [9.17, 15) is 0 Å². The first-order chi connectivity index (χ1) is 16.7. The molecule has 1 unspecified atom stereocenters. The Morgan fingerprint density at radius 1 is 0.618 bits per heavy atom. The van der Waals surface area contributed by atoms with Crippen molar-refractivity contribution in [3.8, 4) is 28.0 Å². The Kier molecular flexibility index (Phi) is 11.2. The highest BCUT2D eigenvalue weighted by molar-refractivity contribution is 5.83. The number of benzene rings is 3. The molecule has 0 saturated carbocycles. The minimum Gasteiger partial charge on any atom is -0.494 e. The number of rotatable bonds is 15. The maximum absolute atomic E-state index is 6.01. The van der Waals surface area contributed by atoms with Crippen molar-refractivity contribution >= 4 is 0 Å². The zero-order valence-corrected chi connectivity index (χ0v) is 21.4. The van der Waals surface area contributed by atoms with Crippen LogP contribution in [0.1, 0.15) is 83.3 Å². The number of hydrogen-bond acceptors (Lipinski definition) is 2. The molecular formula is C32H42O2.